The summed E-state index contributed by atoms with van der Waals surface area (Å²) in [6.07, 6.45) is 1.66. The van der Waals surface area contributed by atoms with E-state index in [1.807, 2.05) is 13.8 Å². The highest BCUT2D eigenvalue weighted by Crippen LogP contribution is 2.32. The summed E-state index contributed by atoms with van der Waals surface area (Å²) in [7, 11) is 0. The Labute approximate surface area is 132 Å². The lowest BCUT2D eigenvalue weighted by Gasteiger charge is -2.12. The van der Waals surface area contributed by atoms with E-state index in [4.69, 9.17) is 17.3 Å². The van der Waals surface area contributed by atoms with Gasteiger partial charge in [-0.3, -0.25) is 4.79 Å². The molecule has 0 aliphatic rings. The number of thioether (sulfide) groups is 1. The number of anilines is 2. The molecule has 0 aliphatic heterocycles. The average molecular weight is 325 g/mol. The average Bonchev–Trinajstić information content (AvgIpc) is 2.86. The largest absolute Gasteiger partial charge is 0.398 e. The van der Waals surface area contributed by atoms with Gasteiger partial charge in [0.05, 0.1) is 17.0 Å². The lowest BCUT2D eigenvalue weighted by atomic mass is 10.3. The fourth-order valence-corrected chi connectivity index (χ4v) is 2.95. The van der Waals surface area contributed by atoms with Crippen LogP contribution in [-0.2, 0) is 4.79 Å². The summed E-state index contributed by atoms with van der Waals surface area (Å²) >= 11 is 7.40. The van der Waals surface area contributed by atoms with Crippen LogP contribution in [0.1, 0.15) is 19.9 Å². The topological polar surface area (TPSA) is 72.9 Å². The molecular formula is C14H17ClN4OS. The summed E-state index contributed by atoms with van der Waals surface area (Å²) in [5.74, 6) is 0.793. The van der Waals surface area contributed by atoms with Crippen LogP contribution in [0.3, 0.4) is 0 Å². The first-order valence-electron chi connectivity index (χ1n) is 6.49. The molecule has 1 heterocycles. The number of nitrogens with zero attached hydrogens (tertiary/aromatic N) is 2. The number of rotatable bonds is 5. The van der Waals surface area contributed by atoms with Gasteiger partial charge >= 0.3 is 0 Å². The minimum atomic E-state index is -0.123. The third kappa shape index (κ3) is 3.92. The summed E-state index contributed by atoms with van der Waals surface area (Å²) in [6.45, 7) is 4.00. The van der Waals surface area contributed by atoms with Gasteiger partial charge in [-0.25, -0.2) is 4.68 Å². The molecule has 0 fully saturated rings. The molecule has 0 atom stereocenters. The molecule has 0 saturated heterocycles. The Morgan fingerprint density at radius 2 is 2.24 bits per heavy atom. The van der Waals surface area contributed by atoms with Gasteiger partial charge in [-0.1, -0.05) is 17.7 Å². The summed E-state index contributed by atoms with van der Waals surface area (Å²) in [4.78, 5) is 12.8. The van der Waals surface area contributed by atoms with E-state index in [1.165, 1.54) is 11.8 Å². The summed E-state index contributed by atoms with van der Waals surface area (Å²) < 4.78 is 1.76. The number of aromatic nitrogens is 2. The molecule has 112 valence electrons. The second-order valence-electron chi connectivity index (χ2n) is 4.75. The molecule has 0 unspecified atom stereocenters. The number of hydrogen-bond acceptors (Lipinski definition) is 4. The predicted molar refractivity (Wildman–Crippen MR) is 87.8 cm³/mol. The van der Waals surface area contributed by atoms with Crippen molar-refractivity contribution in [3.8, 4) is 0 Å². The number of amides is 1. The lowest BCUT2D eigenvalue weighted by molar-refractivity contribution is -0.113. The van der Waals surface area contributed by atoms with Crippen LogP contribution in [0.15, 0.2) is 35.4 Å². The van der Waals surface area contributed by atoms with Crippen molar-refractivity contribution in [3.05, 3.63) is 35.5 Å². The Morgan fingerprint density at radius 3 is 2.90 bits per heavy atom. The maximum atomic E-state index is 12.0. The first-order valence-corrected chi connectivity index (χ1v) is 7.85. The van der Waals surface area contributed by atoms with Crippen molar-refractivity contribution in [1.29, 1.82) is 0 Å². The Kier molecular flexibility index (Phi) is 5.14. The Bertz CT molecular complexity index is 621. The second-order valence-corrected chi connectivity index (χ2v) is 6.14. The number of carbonyl (C=O) groups excluding carboxylic acids is 1. The standard InChI is InChI=1S/C14H17ClN4OS/c1-9(2)19-12(6-7-17-19)18-13(20)8-21-14-10(15)4-3-5-11(14)16/h3-7,9H,8,16H2,1-2H3,(H,18,20). The second kappa shape index (κ2) is 6.87. The number of nitrogens with two attached hydrogens (primary N) is 1. The molecule has 0 saturated carbocycles. The van der Waals surface area contributed by atoms with Gasteiger partial charge in [0.15, 0.2) is 0 Å². The van der Waals surface area contributed by atoms with Gasteiger partial charge in [-0.15, -0.1) is 11.8 Å². The van der Waals surface area contributed by atoms with Crippen LogP contribution in [-0.4, -0.2) is 21.4 Å². The highest BCUT2D eigenvalue weighted by molar-refractivity contribution is 8.00. The van der Waals surface area contributed by atoms with E-state index in [0.717, 1.165) is 4.90 Å². The molecule has 2 rings (SSSR count). The molecule has 21 heavy (non-hydrogen) atoms. The fraction of sp³-hybridized carbons (Fsp3) is 0.286. The number of hydrogen-bond donors (Lipinski definition) is 2. The summed E-state index contributed by atoms with van der Waals surface area (Å²) in [5.41, 5.74) is 6.43. The van der Waals surface area contributed by atoms with E-state index in [0.29, 0.717) is 16.5 Å². The molecule has 1 amide bonds. The minimum Gasteiger partial charge on any atom is -0.398 e. The molecule has 1 aromatic heterocycles. The van der Waals surface area contributed by atoms with Crippen LogP contribution < -0.4 is 11.1 Å². The van der Waals surface area contributed by atoms with Crippen molar-refractivity contribution < 1.29 is 4.79 Å². The van der Waals surface area contributed by atoms with E-state index in [-0.39, 0.29) is 17.7 Å². The van der Waals surface area contributed by atoms with Crippen LogP contribution in [0.25, 0.3) is 0 Å². The molecule has 2 aromatic rings. The van der Waals surface area contributed by atoms with Crippen LogP contribution in [0, 0.1) is 0 Å². The third-order valence-corrected chi connectivity index (χ3v) is 4.35. The SMILES string of the molecule is CC(C)n1nccc1NC(=O)CSc1c(N)cccc1Cl. The quantitative estimate of drug-likeness (QED) is 0.653. The van der Waals surface area contributed by atoms with Gasteiger partial charge in [-0.2, -0.15) is 5.10 Å². The third-order valence-electron chi connectivity index (χ3n) is 2.77. The van der Waals surface area contributed by atoms with E-state index in [1.54, 1.807) is 35.1 Å². The Hall–Kier alpha value is -1.66. The smallest absolute Gasteiger partial charge is 0.235 e. The Balaban J connectivity index is 1.98. The number of benzene rings is 1. The lowest BCUT2D eigenvalue weighted by Crippen LogP contribution is -2.18. The van der Waals surface area contributed by atoms with E-state index >= 15 is 0 Å². The zero-order chi connectivity index (χ0) is 15.4. The van der Waals surface area contributed by atoms with Crippen LogP contribution in [0.4, 0.5) is 11.5 Å². The fourth-order valence-electron chi connectivity index (χ4n) is 1.82. The molecule has 0 radical (unpaired) electrons. The van der Waals surface area contributed by atoms with Gasteiger partial charge in [-0.05, 0) is 26.0 Å². The zero-order valence-corrected chi connectivity index (χ0v) is 13.4. The van der Waals surface area contributed by atoms with Crippen molar-refractivity contribution >= 4 is 40.8 Å². The first kappa shape index (κ1) is 15.7. The minimum absolute atomic E-state index is 0.123. The number of carbonyl (C=O) groups is 1. The molecular weight excluding hydrogens is 308 g/mol. The highest BCUT2D eigenvalue weighted by Gasteiger charge is 2.12. The van der Waals surface area contributed by atoms with Gasteiger partial charge in [0.25, 0.3) is 0 Å². The highest BCUT2D eigenvalue weighted by atomic mass is 35.5. The van der Waals surface area contributed by atoms with Gasteiger partial charge < -0.3 is 11.1 Å². The number of nitrogen functional groups attached to an aromatic ring is 1. The molecule has 5 nitrogen and oxygen atoms in total. The molecule has 0 aliphatic carbocycles. The van der Waals surface area contributed by atoms with Crippen LogP contribution >= 0.6 is 23.4 Å². The molecule has 0 bridgehead atoms. The number of nitrogens with one attached hydrogen (secondary N) is 1. The summed E-state index contributed by atoms with van der Waals surface area (Å²) in [5, 5.41) is 7.56. The zero-order valence-electron chi connectivity index (χ0n) is 11.8. The van der Waals surface area contributed by atoms with Crippen LogP contribution in [0.2, 0.25) is 5.02 Å². The predicted octanol–water partition coefficient (Wildman–Crippen LogP) is 3.43. The van der Waals surface area contributed by atoms with Crippen molar-refractivity contribution in [1.82, 2.24) is 9.78 Å². The van der Waals surface area contributed by atoms with Crippen LogP contribution in [0.5, 0.6) is 0 Å². The number of halogens is 1. The molecule has 1 aromatic carbocycles. The van der Waals surface area contributed by atoms with Crippen molar-refractivity contribution in [2.24, 2.45) is 0 Å². The van der Waals surface area contributed by atoms with E-state index in [9.17, 15) is 4.79 Å². The Morgan fingerprint density at radius 1 is 1.48 bits per heavy atom. The van der Waals surface area contributed by atoms with E-state index < -0.39 is 0 Å². The maximum absolute atomic E-state index is 12.0. The molecule has 0 spiro atoms. The van der Waals surface area contributed by atoms with Gasteiger partial charge in [0.2, 0.25) is 5.91 Å². The molecule has 7 heteroatoms. The maximum Gasteiger partial charge on any atom is 0.235 e. The van der Waals surface area contributed by atoms with E-state index in [2.05, 4.69) is 10.4 Å². The van der Waals surface area contributed by atoms with Crippen molar-refractivity contribution in [2.45, 2.75) is 24.8 Å². The normalized spacial score (nSPS) is 10.9. The molecule has 3 N–H and O–H groups in total. The van der Waals surface area contributed by atoms with Crippen molar-refractivity contribution in [3.63, 3.8) is 0 Å². The summed E-state index contributed by atoms with van der Waals surface area (Å²) in [6, 6.07) is 7.25. The van der Waals surface area contributed by atoms with Crippen molar-refractivity contribution in [2.75, 3.05) is 16.8 Å². The van der Waals surface area contributed by atoms with Gasteiger partial charge in [0.1, 0.15) is 5.82 Å². The van der Waals surface area contributed by atoms with Gasteiger partial charge in [0, 0.05) is 22.7 Å². The monoisotopic (exact) mass is 324 g/mol. The first-order chi connectivity index (χ1) is 9.99.